The minimum Gasteiger partial charge on any atom is -0.497 e. The molecule has 6 nitrogen and oxygen atoms in total. The Morgan fingerprint density at radius 2 is 1.69 bits per heavy atom. The Morgan fingerprint density at radius 3 is 2.38 bits per heavy atom. The van der Waals surface area contributed by atoms with Gasteiger partial charge < -0.3 is 19.5 Å². The van der Waals surface area contributed by atoms with Crippen LogP contribution in [0.5, 0.6) is 11.5 Å². The molecule has 0 atom stereocenters. The van der Waals surface area contributed by atoms with E-state index in [9.17, 15) is 9.59 Å². The first-order valence-electron chi connectivity index (χ1n) is 8.32. The van der Waals surface area contributed by atoms with Gasteiger partial charge in [0.1, 0.15) is 11.5 Å². The molecule has 26 heavy (non-hydrogen) atoms. The summed E-state index contributed by atoms with van der Waals surface area (Å²) < 4.78 is 15.4. The van der Waals surface area contributed by atoms with E-state index in [0.29, 0.717) is 12.3 Å². The summed E-state index contributed by atoms with van der Waals surface area (Å²) in [4.78, 5) is 23.4. The monoisotopic (exact) mass is 357 g/mol. The molecule has 1 N–H and O–H groups in total. The van der Waals surface area contributed by atoms with Gasteiger partial charge in [0, 0.05) is 6.54 Å². The molecule has 0 radical (unpaired) electrons. The van der Waals surface area contributed by atoms with Gasteiger partial charge >= 0.3 is 5.97 Å². The van der Waals surface area contributed by atoms with Crippen LogP contribution in [0, 0.1) is 6.92 Å². The molecule has 138 valence electrons. The van der Waals surface area contributed by atoms with Gasteiger partial charge in [0.15, 0.2) is 6.61 Å². The molecular formula is C20H23NO5. The molecule has 0 fully saturated rings. The lowest BCUT2D eigenvalue weighted by atomic mass is 10.1. The standard InChI is InChI=1S/C20H23NO5/c1-15-5-3-4-6-16(15)13-21-19(22)14-26-20(23)11-12-25-18-9-7-17(24-2)8-10-18/h3-10H,11-14H2,1-2H3,(H,21,22). The second-order valence-electron chi connectivity index (χ2n) is 5.64. The molecule has 0 aliphatic heterocycles. The van der Waals surface area contributed by atoms with Crippen molar-refractivity contribution in [3.63, 3.8) is 0 Å². The van der Waals surface area contributed by atoms with E-state index in [1.54, 1.807) is 31.4 Å². The zero-order chi connectivity index (χ0) is 18.8. The van der Waals surface area contributed by atoms with Crippen LogP contribution in [0.25, 0.3) is 0 Å². The van der Waals surface area contributed by atoms with Crippen molar-refractivity contribution in [2.75, 3.05) is 20.3 Å². The number of rotatable bonds is 9. The Labute approximate surface area is 153 Å². The number of amides is 1. The summed E-state index contributed by atoms with van der Waals surface area (Å²) in [5.74, 6) is 0.547. The van der Waals surface area contributed by atoms with E-state index in [-0.39, 0.29) is 25.5 Å². The Balaban J connectivity index is 1.61. The molecule has 0 aliphatic rings. The van der Waals surface area contributed by atoms with Crippen molar-refractivity contribution in [3.05, 3.63) is 59.7 Å². The van der Waals surface area contributed by atoms with Crippen LogP contribution in [0.2, 0.25) is 0 Å². The number of carbonyl (C=O) groups excluding carboxylic acids is 2. The maximum absolute atomic E-state index is 11.8. The zero-order valence-electron chi connectivity index (χ0n) is 15.0. The van der Waals surface area contributed by atoms with Crippen molar-refractivity contribution in [2.45, 2.75) is 19.9 Å². The molecule has 6 heteroatoms. The van der Waals surface area contributed by atoms with E-state index >= 15 is 0 Å². The predicted octanol–water partition coefficient (Wildman–Crippen LogP) is 2.63. The lowest BCUT2D eigenvalue weighted by Gasteiger charge is -2.09. The van der Waals surface area contributed by atoms with E-state index in [2.05, 4.69) is 5.32 Å². The van der Waals surface area contributed by atoms with Crippen LogP contribution in [0.4, 0.5) is 0 Å². The van der Waals surface area contributed by atoms with Gasteiger partial charge in [-0.15, -0.1) is 0 Å². The highest BCUT2D eigenvalue weighted by Gasteiger charge is 2.08. The third kappa shape index (κ3) is 6.47. The molecule has 1 amide bonds. The van der Waals surface area contributed by atoms with E-state index < -0.39 is 5.97 Å². The number of hydrogen-bond donors (Lipinski definition) is 1. The summed E-state index contributed by atoms with van der Waals surface area (Å²) in [5, 5.41) is 2.73. The summed E-state index contributed by atoms with van der Waals surface area (Å²) in [6.45, 7) is 2.26. The molecular weight excluding hydrogens is 334 g/mol. The first-order chi connectivity index (χ1) is 12.6. The van der Waals surface area contributed by atoms with Gasteiger partial charge in [0.2, 0.25) is 0 Å². The largest absolute Gasteiger partial charge is 0.497 e. The maximum atomic E-state index is 11.8. The molecule has 0 aliphatic carbocycles. The fourth-order valence-corrected chi connectivity index (χ4v) is 2.20. The Kier molecular flexibility index (Phi) is 7.49. The number of hydrogen-bond acceptors (Lipinski definition) is 5. The number of esters is 1. The molecule has 0 heterocycles. The first kappa shape index (κ1) is 19.3. The highest BCUT2D eigenvalue weighted by molar-refractivity contribution is 5.80. The minimum absolute atomic E-state index is 0.0666. The average molecular weight is 357 g/mol. The van der Waals surface area contributed by atoms with Gasteiger partial charge in [-0.25, -0.2) is 0 Å². The van der Waals surface area contributed by atoms with Gasteiger partial charge in [0.05, 0.1) is 20.1 Å². The van der Waals surface area contributed by atoms with E-state index in [4.69, 9.17) is 14.2 Å². The SMILES string of the molecule is COc1ccc(OCCC(=O)OCC(=O)NCc2ccccc2C)cc1. The second-order valence-corrected chi connectivity index (χ2v) is 5.64. The molecule has 0 aromatic heterocycles. The molecule has 2 aromatic rings. The number of nitrogens with one attached hydrogen (secondary N) is 1. The van der Waals surface area contributed by atoms with Gasteiger partial charge in [-0.05, 0) is 42.3 Å². The van der Waals surface area contributed by atoms with Crippen molar-refractivity contribution >= 4 is 11.9 Å². The predicted molar refractivity (Wildman–Crippen MR) is 97.1 cm³/mol. The number of aryl methyl sites for hydroxylation is 1. The highest BCUT2D eigenvalue weighted by Crippen LogP contribution is 2.17. The smallest absolute Gasteiger partial charge is 0.309 e. The second kappa shape index (κ2) is 10.1. The van der Waals surface area contributed by atoms with Crippen molar-refractivity contribution in [2.24, 2.45) is 0 Å². The molecule has 0 bridgehead atoms. The van der Waals surface area contributed by atoms with Gasteiger partial charge in [0.25, 0.3) is 5.91 Å². The maximum Gasteiger partial charge on any atom is 0.309 e. The van der Waals surface area contributed by atoms with E-state index in [1.807, 2.05) is 31.2 Å². The average Bonchev–Trinajstić information content (AvgIpc) is 2.66. The molecule has 0 spiro atoms. The van der Waals surface area contributed by atoms with Crippen LogP contribution in [0.1, 0.15) is 17.5 Å². The Bertz CT molecular complexity index is 727. The normalized spacial score (nSPS) is 10.1. The van der Waals surface area contributed by atoms with Crippen LogP contribution in [0.15, 0.2) is 48.5 Å². The van der Waals surface area contributed by atoms with E-state index in [0.717, 1.165) is 16.9 Å². The summed E-state index contributed by atoms with van der Waals surface area (Å²) in [6, 6.07) is 14.8. The molecule has 0 saturated carbocycles. The molecule has 2 aromatic carbocycles. The van der Waals surface area contributed by atoms with Gasteiger partial charge in [-0.1, -0.05) is 24.3 Å². The van der Waals surface area contributed by atoms with Crippen molar-refractivity contribution in [3.8, 4) is 11.5 Å². The van der Waals surface area contributed by atoms with Gasteiger partial charge in [-0.2, -0.15) is 0 Å². The lowest BCUT2D eigenvalue weighted by Crippen LogP contribution is -2.28. The number of carbonyl (C=O) groups is 2. The minimum atomic E-state index is -0.482. The third-order valence-corrected chi connectivity index (χ3v) is 3.74. The first-order valence-corrected chi connectivity index (χ1v) is 8.32. The van der Waals surface area contributed by atoms with Crippen LogP contribution in [0.3, 0.4) is 0 Å². The third-order valence-electron chi connectivity index (χ3n) is 3.74. The van der Waals surface area contributed by atoms with E-state index in [1.165, 1.54) is 0 Å². The summed E-state index contributed by atoms with van der Waals surface area (Å²) >= 11 is 0. The van der Waals surface area contributed by atoms with Crippen LogP contribution in [-0.4, -0.2) is 32.2 Å². The number of methoxy groups -OCH3 is 1. The van der Waals surface area contributed by atoms with Crippen LogP contribution in [-0.2, 0) is 20.9 Å². The summed E-state index contributed by atoms with van der Waals surface area (Å²) in [6.07, 6.45) is 0.0666. The quantitative estimate of drug-likeness (QED) is 0.699. The lowest BCUT2D eigenvalue weighted by molar-refractivity contribution is -0.149. The molecule has 2 rings (SSSR count). The molecule has 0 unspecified atom stereocenters. The van der Waals surface area contributed by atoms with Crippen molar-refractivity contribution < 1.29 is 23.8 Å². The topological polar surface area (TPSA) is 73.9 Å². The van der Waals surface area contributed by atoms with Crippen molar-refractivity contribution in [1.82, 2.24) is 5.32 Å². The summed E-state index contributed by atoms with van der Waals surface area (Å²) in [5.41, 5.74) is 2.13. The Morgan fingerprint density at radius 1 is 1.00 bits per heavy atom. The fourth-order valence-electron chi connectivity index (χ4n) is 2.20. The fraction of sp³-hybridized carbons (Fsp3) is 0.300. The van der Waals surface area contributed by atoms with Gasteiger partial charge in [-0.3, -0.25) is 9.59 Å². The summed E-state index contributed by atoms with van der Waals surface area (Å²) in [7, 11) is 1.59. The van der Waals surface area contributed by atoms with Crippen molar-refractivity contribution in [1.29, 1.82) is 0 Å². The number of ether oxygens (including phenoxy) is 3. The highest BCUT2D eigenvalue weighted by atomic mass is 16.5. The zero-order valence-corrected chi connectivity index (χ0v) is 15.0. The molecule has 0 saturated heterocycles. The van der Waals surface area contributed by atoms with Crippen LogP contribution < -0.4 is 14.8 Å². The Hall–Kier alpha value is -3.02. The number of benzene rings is 2. The van der Waals surface area contributed by atoms with Crippen LogP contribution >= 0.6 is 0 Å².